The van der Waals surface area contributed by atoms with E-state index >= 15 is 0 Å². The zero-order valence-electron chi connectivity index (χ0n) is 12.3. The van der Waals surface area contributed by atoms with E-state index in [0.29, 0.717) is 6.04 Å². The molecule has 0 aliphatic carbocycles. The Bertz CT molecular complexity index is 429. The monoisotopic (exact) mass is 275 g/mol. The van der Waals surface area contributed by atoms with Crippen molar-refractivity contribution in [2.75, 3.05) is 26.4 Å². The SMILES string of the molecule is CC(NCC1OCCc2ccccc21)C1CCOCC1. The van der Waals surface area contributed by atoms with Crippen LogP contribution in [0.25, 0.3) is 0 Å². The largest absolute Gasteiger partial charge is 0.381 e. The van der Waals surface area contributed by atoms with Gasteiger partial charge >= 0.3 is 0 Å². The highest BCUT2D eigenvalue weighted by Gasteiger charge is 2.24. The van der Waals surface area contributed by atoms with Gasteiger partial charge in [0.1, 0.15) is 0 Å². The van der Waals surface area contributed by atoms with Crippen molar-refractivity contribution in [1.29, 1.82) is 0 Å². The number of hydrogen-bond donors (Lipinski definition) is 1. The molecular formula is C17H25NO2. The summed E-state index contributed by atoms with van der Waals surface area (Å²) in [5.41, 5.74) is 2.81. The first-order valence-corrected chi connectivity index (χ1v) is 7.85. The Balaban J connectivity index is 1.56. The van der Waals surface area contributed by atoms with Gasteiger partial charge in [0.05, 0.1) is 12.7 Å². The van der Waals surface area contributed by atoms with Crippen molar-refractivity contribution in [3.05, 3.63) is 35.4 Å². The van der Waals surface area contributed by atoms with Crippen LogP contribution >= 0.6 is 0 Å². The van der Waals surface area contributed by atoms with Crippen LogP contribution in [0, 0.1) is 5.92 Å². The van der Waals surface area contributed by atoms with Gasteiger partial charge in [-0.05, 0) is 43.2 Å². The van der Waals surface area contributed by atoms with Crippen molar-refractivity contribution in [2.45, 2.75) is 38.3 Å². The zero-order valence-corrected chi connectivity index (χ0v) is 12.3. The summed E-state index contributed by atoms with van der Waals surface area (Å²) in [7, 11) is 0. The lowest BCUT2D eigenvalue weighted by Gasteiger charge is -2.31. The van der Waals surface area contributed by atoms with Crippen molar-refractivity contribution in [3.8, 4) is 0 Å². The molecule has 1 aromatic rings. The molecule has 2 aliphatic heterocycles. The molecule has 0 aromatic heterocycles. The van der Waals surface area contributed by atoms with Gasteiger partial charge in [-0.2, -0.15) is 0 Å². The summed E-state index contributed by atoms with van der Waals surface area (Å²) in [6.45, 7) is 5.88. The van der Waals surface area contributed by atoms with Gasteiger partial charge in [-0.1, -0.05) is 24.3 Å². The molecule has 2 atom stereocenters. The van der Waals surface area contributed by atoms with Gasteiger partial charge in [0.15, 0.2) is 0 Å². The highest BCUT2D eigenvalue weighted by Crippen LogP contribution is 2.27. The Hall–Kier alpha value is -0.900. The molecule has 1 N–H and O–H groups in total. The third kappa shape index (κ3) is 3.22. The van der Waals surface area contributed by atoms with Gasteiger partial charge in [0.2, 0.25) is 0 Å². The summed E-state index contributed by atoms with van der Waals surface area (Å²) >= 11 is 0. The summed E-state index contributed by atoms with van der Waals surface area (Å²) in [4.78, 5) is 0. The Labute approximate surface area is 121 Å². The summed E-state index contributed by atoms with van der Waals surface area (Å²) in [6.07, 6.45) is 3.61. The lowest BCUT2D eigenvalue weighted by molar-refractivity contribution is 0.0314. The predicted octanol–water partition coefficient (Wildman–Crippen LogP) is 2.71. The number of nitrogens with one attached hydrogen (secondary N) is 1. The third-order valence-electron chi connectivity index (χ3n) is 4.69. The topological polar surface area (TPSA) is 30.5 Å². The first-order chi connectivity index (χ1) is 9.84. The molecule has 0 radical (unpaired) electrons. The van der Waals surface area contributed by atoms with Crippen LogP contribution in [0.5, 0.6) is 0 Å². The van der Waals surface area contributed by atoms with Crippen LogP contribution in [0.4, 0.5) is 0 Å². The Morgan fingerprint density at radius 3 is 2.85 bits per heavy atom. The highest BCUT2D eigenvalue weighted by atomic mass is 16.5. The average molecular weight is 275 g/mol. The minimum absolute atomic E-state index is 0.210. The van der Waals surface area contributed by atoms with Crippen LogP contribution in [0.2, 0.25) is 0 Å². The molecule has 2 aliphatic rings. The zero-order chi connectivity index (χ0) is 13.8. The average Bonchev–Trinajstić information content (AvgIpc) is 2.53. The smallest absolute Gasteiger partial charge is 0.0952 e. The van der Waals surface area contributed by atoms with Crippen LogP contribution in [0.1, 0.15) is 37.0 Å². The minimum atomic E-state index is 0.210. The van der Waals surface area contributed by atoms with Crippen molar-refractivity contribution in [3.63, 3.8) is 0 Å². The normalized spacial score (nSPS) is 25.1. The van der Waals surface area contributed by atoms with Gasteiger partial charge in [-0.25, -0.2) is 0 Å². The molecule has 0 bridgehead atoms. The molecule has 0 saturated carbocycles. The van der Waals surface area contributed by atoms with Crippen LogP contribution < -0.4 is 5.32 Å². The van der Waals surface area contributed by atoms with Gasteiger partial charge in [-0.15, -0.1) is 0 Å². The first kappa shape index (κ1) is 14.1. The number of rotatable bonds is 4. The minimum Gasteiger partial charge on any atom is -0.381 e. The molecule has 20 heavy (non-hydrogen) atoms. The van der Waals surface area contributed by atoms with Crippen LogP contribution in [0.3, 0.4) is 0 Å². The Morgan fingerprint density at radius 1 is 1.20 bits per heavy atom. The predicted molar refractivity (Wildman–Crippen MR) is 79.8 cm³/mol. The van der Waals surface area contributed by atoms with E-state index in [4.69, 9.17) is 9.47 Å². The van der Waals surface area contributed by atoms with Crippen molar-refractivity contribution in [1.82, 2.24) is 5.32 Å². The molecule has 0 spiro atoms. The molecule has 110 valence electrons. The summed E-state index contributed by atoms with van der Waals surface area (Å²) in [5.74, 6) is 0.739. The first-order valence-electron chi connectivity index (χ1n) is 7.85. The maximum absolute atomic E-state index is 5.95. The maximum Gasteiger partial charge on any atom is 0.0952 e. The van der Waals surface area contributed by atoms with Crippen LogP contribution in [-0.2, 0) is 15.9 Å². The molecule has 1 saturated heterocycles. The molecule has 2 unspecified atom stereocenters. The number of hydrogen-bond acceptors (Lipinski definition) is 3. The molecular weight excluding hydrogens is 250 g/mol. The van der Waals surface area contributed by atoms with E-state index in [2.05, 4.69) is 36.5 Å². The second kappa shape index (κ2) is 6.70. The lowest BCUT2D eigenvalue weighted by Crippen LogP contribution is -2.39. The maximum atomic E-state index is 5.95. The Morgan fingerprint density at radius 2 is 2.00 bits per heavy atom. The number of benzene rings is 1. The molecule has 1 fully saturated rings. The van der Waals surface area contributed by atoms with Gasteiger partial charge in [-0.3, -0.25) is 0 Å². The van der Waals surface area contributed by atoms with Crippen molar-refractivity contribution < 1.29 is 9.47 Å². The van der Waals surface area contributed by atoms with E-state index < -0.39 is 0 Å². The fourth-order valence-corrected chi connectivity index (χ4v) is 3.32. The second-order valence-electron chi connectivity index (χ2n) is 5.95. The Kier molecular flexibility index (Phi) is 4.71. The molecule has 0 amide bonds. The molecule has 3 nitrogen and oxygen atoms in total. The van der Waals surface area contributed by atoms with Gasteiger partial charge < -0.3 is 14.8 Å². The summed E-state index contributed by atoms with van der Waals surface area (Å²) in [6, 6.07) is 9.21. The van der Waals surface area contributed by atoms with Crippen molar-refractivity contribution >= 4 is 0 Å². The van der Waals surface area contributed by atoms with E-state index in [9.17, 15) is 0 Å². The van der Waals surface area contributed by atoms with Crippen molar-refractivity contribution in [2.24, 2.45) is 5.92 Å². The van der Waals surface area contributed by atoms with E-state index in [1.165, 1.54) is 24.0 Å². The van der Waals surface area contributed by atoms with Gasteiger partial charge in [0, 0.05) is 25.8 Å². The standard InChI is InChI=1S/C17H25NO2/c1-13(14-6-9-19-10-7-14)18-12-17-16-5-3-2-4-15(16)8-11-20-17/h2-5,13-14,17-18H,6-12H2,1H3. The highest BCUT2D eigenvalue weighted by molar-refractivity contribution is 5.31. The van der Waals surface area contributed by atoms with E-state index in [1.807, 2.05) is 0 Å². The molecule has 3 heteroatoms. The quantitative estimate of drug-likeness (QED) is 0.916. The van der Waals surface area contributed by atoms with Crippen LogP contribution in [0.15, 0.2) is 24.3 Å². The van der Waals surface area contributed by atoms with E-state index in [-0.39, 0.29) is 6.10 Å². The second-order valence-corrected chi connectivity index (χ2v) is 5.95. The fraction of sp³-hybridized carbons (Fsp3) is 0.647. The summed E-state index contributed by atoms with van der Waals surface area (Å²) < 4.78 is 11.4. The van der Waals surface area contributed by atoms with Crippen LogP contribution in [-0.4, -0.2) is 32.4 Å². The number of fused-ring (bicyclic) bond motifs is 1. The third-order valence-corrected chi connectivity index (χ3v) is 4.69. The van der Waals surface area contributed by atoms with Gasteiger partial charge in [0.25, 0.3) is 0 Å². The number of ether oxygens (including phenoxy) is 2. The lowest BCUT2D eigenvalue weighted by atomic mass is 9.92. The van der Waals surface area contributed by atoms with E-state index in [0.717, 1.165) is 38.7 Å². The summed E-state index contributed by atoms with van der Waals surface area (Å²) in [5, 5.41) is 3.68. The molecule has 3 rings (SSSR count). The molecule has 1 aromatic carbocycles. The molecule has 2 heterocycles. The van der Waals surface area contributed by atoms with E-state index in [1.54, 1.807) is 0 Å². The fourth-order valence-electron chi connectivity index (χ4n) is 3.32.